The topological polar surface area (TPSA) is 78.5 Å². The number of sulfonamides is 1. The molecule has 0 unspecified atom stereocenters. The second kappa shape index (κ2) is 9.16. The van der Waals surface area contributed by atoms with E-state index in [4.69, 9.17) is 0 Å². The third-order valence-electron chi connectivity index (χ3n) is 4.64. The number of piperidine rings is 1. The first-order chi connectivity index (χ1) is 13.4. The van der Waals surface area contributed by atoms with Crippen LogP contribution in [0.25, 0.3) is 0 Å². The van der Waals surface area contributed by atoms with E-state index in [0.29, 0.717) is 25.3 Å². The van der Waals surface area contributed by atoms with E-state index in [9.17, 15) is 17.6 Å². The fourth-order valence-electron chi connectivity index (χ4n) is 3.07. The quantitative estimate of drug-likeness (QED) is 0.743. The van der Waals surface area contributed by atoms with Gasteiger partial charge < -0.3 is 10.6 Å². The van der Waals surface area contributed by atoms with Gasteiger partial charge in [0.2, 0.25) is 15.9 Å². The molecule has 0 radical (unpaired) electrons. The lowest BCUT2D eigenvalue weighted by atomic mass is 10.2. The molecule has 0 bridgehead atoms. The average molecular weight is 405 g/mol. The van der Waals surface area contributed by atoms with Gasteiger partial charge in [-0.1, -0.05) is 24.6 Å². The molecule has 28 heavy (non-hydrogen) atoms. The van der Waals surface area contributed by atoms with Gasteiger partial charge in [0.05, 0.1) is 11.4 Å². The summed E-state index contributed by atoms with van der Waals surface area (Å²) in [5.74, 6) is -0.565. The zero-order valence-corrected chi connectivity index (χ0v) is 16.3. The molecule has 0 aromatic heterocycles. The third-order valence-corrected chi connectivity index (χ3v) is 6.54. The van der Waals surface area contributed by atoms with Gasteiger partial charge in [-0.05, 0) is 48.7 Å². The molecule has 2 N–H and O–H groups in total. The van der Waals surface area contributed by atoms with E-state index in [-0.39, 0.29) is 23.2 Å². The molecular weight excluding hydrogens is 381 g/mol. The Morgan fingerprint density at radius 2 is 1.75 bits per heavy atom. The van der Waals surface area contributed by atoms with Crippen molar-refractivity contribution >= 4 is 21.6 Å². The maximum absolute atomic E-state index is 12.9. The number of carbonyl (C=O) groups is 1. The third kappa shape index (κ3) is 5.30. The zero-order valence-electron chi connectivity index (χ0n) is 15.5. The molecule has 1 aliphatic heterocycles. The Hall–Kier alpha value is -2.45. The molecule has 1 amide bonds. The Bertz CT molecular complexity index is 911. The van der Waals surface area contributed by atoms with E-state index in [0.717, 1.165) is 24.8 Å². The van der Waals surface area contributed by atoms with Gasteiger partial charge >= 0.3 is 0 Å². The van der Waals surface area contributed by atoms with E-state index in [2.05, 4.69) is 10.6 Å². The molecule has 2 aromatic carbocycles. The fraction of sp³-hybridized carbons (Fsp3) is 0.350. The Labute approximate surface area is 164 Å². The second-order valence-electron chi connectivity index (χ2n) is 6.75. The lowest BCUT2D eigenvalue weighted by molar-refractivity contribution is -0.119. The lowest BCUT2D eigenvalue weighted by Gasteiger charge is -2.26. The summed E-state index contributed by atoms with van der Waals surface area (Å²) in [6.07, 6.45) is 2.82. The van der Waals surface area contributed by atoms with Crippen molar-refractivity contribution < 1.29 is 17.6 Å². The fourth-order valence-corrected chi connectivity index (χ4v) is 4.63. The minimum Gasteiger partial charge on any atom is -0.376 e. The number of amides is 1. The van der Waals surface area contributed by atoms with Crippen molar-refractivity contribution in [3.8, 4) is 0 Å². The number of hydrogen-bond acceptors (Lipinski definition) is 4. The molecule has 1 aliphatic rings. The molecule has 1 heterocycles. The predicted octanol–water partition coefficient (Wildman–Crippen LogP) is 2.73. The Kier molecular flexibility index (Phi) is 6.64. The minimum atomic E-state index is -3.51. The maximum Gasteiger partial charge on any atom is 0.243 e. The first kappa shape index (κ1) is 20.3. The largest absolute Gasteiger partial charge is 0.376 e. The van der Waals surface area contributed by atoms with Crippen LogP contribution >= 0.6 is 0 Å². The number of benzene rings is 2. The molecule has 0 saturated carbocycles. The van der Waals surface area contributed by atoms with Crippen LogP contribution < -0.4 is 10.6 Å². The summed E-state index contributed by atoms with van der Waals surface area (Å²) in [5.41, 5.74) is 1.36. The molecule has 2 aromatic rings. The van der Waals surface area contributed by atoms with Crippen molar-refractivity contribution in [3.05, 3.63) is 59.9 Å². The summed E-state index contributed by atoms with van der Waals surface area (Å²) in [7, 11) is -3.51. The van der Waals surface area contributed by atoms with Crippen LogP contribution in [0.2, 0.25) is 0 Å². The highest BCUT2D eigenvalue weighted by atomic mass is 32.2. The van der Waals surface area contributed by atoms with Gasteiger partial charge in [0.1, 0.15) is 5.82 Å². The Balaban J connectivity index is 1.55. The monoisotopic (exact) mass is 405 g/mol. The van der Waals surface area contributed by atoms with Gasteiger partial charge in [-0.25, -0.2) is 12.8 Å². The molecule has 150 valence electrons. The standard InChI is InChI=1S/C20H24FN3O3S/c21-17-9-7-16(8-10-17)14-23-20(25)15-22-18-5-4-6-19(13-18)28(26,27)24-11-2-1-3-12-24/h4-10,13,22H,1-3,11-12,14-15H2,(H,23,25). The highest BCUT2D eigenvalue weighted by molar-refractivity contribution is 7.89. The number of hydrogen-bond donors (Lipinski definition) is 2. The molecule has 3 rings (SSSR count). The van der Waals surface area contributed by atoms with Crippen molar-refractivity contribution in [2.45, 2.75) is 30.7 Å². The highest BCUT2D eigenvalue weighted by Crippen LogP contribution is 2.22. The van der Waals surface area contributed by atoms with Crippen molar-refractivity contribution in [2.75, 3.05) is 25.0 Å². The van der Waals surface area contributed by atoms with E-state index in [1.165, 1.54) is 16.4 Å². The van der Waals surface area contributed by atoms with Gasteiger partial charge in [-0.2, -0.15) is 4.31 Å². The number of halogens is 1. The average Bonchev–Trinajstić information content (AvgIpc) is 2.72. The smallest absolute Gasteiger partial charge is 0.243 e. The van der Waals surface area contributed by atoms with Gasteiger partial charge in [0.25, 0.3) is 0 Å². The van der Waals surface area contributed by atoms with E-state index < -0.39 is 10.0 Å². The van der Waals surface area contributed by atoms with Crippen LogP contribution in [-0.2, 0) is 21.4 Å². The highest BCUT2D eigenvalue weighted by Gasteiger charge is 2.25. The van der Waals surface area contributed by atoms with Gasteiger partial charge in [-0.15, -0.1) is 0 Å². The van der Waals surface area contributed by atoms with Crippen molar-refractivity contribution in [1.82, 2.24) is 9.62 Å². The molecule has 0 aliphatic carbocycles. The number of anilines is 1. The summed E-state index contributed by atoms with van der Waals surface area (Å²) < 4.78 is 39.9. The summed E-state index contributed by atoms with van der Waals surface area (Å²) in [4.78, 5) is 12.2. The SMILES string of the molecule is O=C(CNc1cccc(S(=O)(=O)N2CCCCC2)c1)NCc1ccc(F)cc1. The Morgan fingerprint density at radius 3 is 2.46 bits per heavy atom. The molecular formula is C20H24FN3O3S. The van der Waals surface area contributed by atoms with Crippen molar-refractivity contribution in [2.24, 2.45) is 0 Å². The van der Waals surface area contributed by atoms with Crippen LogP contribution in [-0.4, -0.2) is 38.3 Å². The van der Waals surface area contributed by atoms with E-state index in [1.807, 2.05) is 0 Å². The second-order valence-corrected chi connectivity index (χ2v) is 8.69. The van der Waals surface area contributed by atoms with Gasteiger partial charge in [-0.3, -0.25) is 4.79 Å². The molecule has 0 spiro atoms. The van der Waals surface area contributed by atoms with Crippen molar-refractivity contribution in [3.63, 3.8) is 0 Å². The molecule has 6 nitrogen and oxygen atoms in total. The van der Waals surface area contributed by atoms with Crippen molar-refractivity contribution in [1.29, 1.82) is 0 Å². The number of rotatable bonds is 7. The predicted molar refractivity (Wildman–Crippen MR) is 106 cm³/mol. The van der Waals surface area contributed by atoms with E-state index in [1.54, 1.807) is 36.4 Å². The maximum atomic E-state index is 12.9. The number of nitrogens with one attached hydrogen (secondary N) is 2. The van der Waals surface area contributed by atoms with Crippen LogP contribution in [0.15, 0.2) is 53.4 Å². The first-order valence-electron chi connectivity index (χ1n) is 9.30. The normalized spacial score (nSPS) is 15.2. The molecule has 0 atom stereocenters. The summed E-state index contributed by atoms with van der Waals surface area (Å²) in [5, 5.41) is 5.69. The minimum absolute atomic E-state index is 0.00834. The zero-order chi connectivity index (χ0) is 20.0. The van der Waals surface area contributed by atoms with Crippen LogP contribution in [0.3, 0.4) is 0 Å². The van der Waals surface area contributed by atoms with Crippen LogP contribution in [0.5, 0.6) is 0 Å². The summed E-state index contributed by atoms with van der Waals surface area (Å²) in [6, 6.07) is 12.4. The first-order valence-corrected chi connectivity index (χ1v) is 10.7. The number of nitrogens with zero attached hydrogens (tertiary/aromatic N) is 1. The van der Waals surface area contributed by atoms with Crippen LogP contribution in [0, 0.1) is 5.82 Å². The van der Waals surface area contributed by atoms with Crippen LogP contribution in [0.1, 0.15) is 24.8 Å². The van der Waals surface area contributed by atoms with Gasteiger partial charge in [0.15, 0.2) is 0 Å². The molecule has 8 heteroatoms. The Morgan fingerprint density at radius 1 is 1.04 bits per heavy atom. The van der Waals surface area contributed by atoms with Gasteiger partial charge in [0, 0.05) is 25.3 Å². The molecule has 1 fully saturated rings. The molecule has 1 saturated heterocycles. The number of carbonyl (C=O) groups excluding carboxylic acids is 1. The van der Waals surface area contributed by atoms with Crippen LogP contribution in [0.4, 0.5) is 10.1 Å². The lowest BCUT2D eigenvalue weighted by Crippen LogP contribution is -2.35. The summed E-state index contributed by atoms with van der Waals surface area (Å²) in [6.45, 7) is 1.40. The van der Waals surface area contributed by atoms with E-state index >= 15 is 0 Å². The summed E-state index contributed by atoms with van der Waals surface area (Å²) >= 11 is 0.